The smallest absolute Gasteiger partial charge is 0.243 e. The molecule has 0 saturated carbocycles. The van der Waals surface area contributed by atoms with Crippen molar-refractivity contribution < 1.29 is 13.2 Å². The van der Waals surface area contributed by atoms with E-state index in [1.165, 1.54) is 45.4 Å². The monoisotopic (exact) mass is 497 g/mol. The van der Waals surface area contributed by atoms with Gasteiger partial charge < -0.3 is 4.74 Å². The molecule has 34 heavy (non-hydrogen) atoms. The van der Waals surface area contributed by atoms with Crippen molar-refractivity contribution in [3.63, 3.8) is 0 Å². The van der Waals surface area contributed by atoms with Crippen LogP contribution in [0.3, 0.4) is 0 Å². The van der Waals surface area contributed by atoms with Crippen molar-refractivity contribution in [2.75, 3.05) is 7.11 Å². The van der Waals surface area contributed by atoms with E-state index >= 15 is 0 Å². The minimum Gasteiger partial charge on any atom is -0.494 e. The normalized spacial score (nSPS) is 12.3. The topological polar surface area (TPSA) is 90.2 Å². The van der Waals surface area contributed by atoms with Crippen molar-refractivity contribution in [1.82, 2.24) is 24.5 Å². The van der Waals surface area contributed by atoms with Crippen LogP contribution in [-0.4, -0.2) is 40.0 Å². The highest BCUT2D eigenvalue weighted by Crippen LogP contribution is 2.30. The average Bonchev–Trinajstić information content (AvgIpc) is 3.52. The summed E-state index contributed by atoms with van der Waals surface area (Å²) in [5, 5.41) is 13.1. The Morgan fingerprint density at radius 2 is 1.82 bits per heavy atom. The lowest BCUT2D eigenvalue weighted by Crippen LogP contribution is -2.30. The third-order valence-electron chi connectivity index (χ3n) is 5.48. The van der Waals surface area contributed by atoms with Crippen LogP contribution in [0.4, 0.5) is 0 Å². The van der Waals surface area contributed by atoms with Crippen LogP contribution < -0.4 is 4.74 Å². The van der Waals surface area contributed by atoms with Crippen LogP contribution in [-0.2, 0) is 28.5 Å². The van der Waals surface area contributed by atoms with E-state index in [1.807, 2.05) is 29.6 Å². The molecular formula is C24H27N5O3S2. The van der Waals surface area contributed by atoms with Gasteiger partial charge in [-0.25, -0.2) is 8.42 Å². The van der Waals surface area contributed by atoms with E-state index in [9.17, 15) is 8.42 Å². The first kappa shape index (κ1) is 24.1. The van der Waals surface area contributed by atoms with E-state index in [0.717, 1.165) is 10.4 Å². The van der Waals surface area contributed by atoms with Gasteiger partial charge in [-0.2, -0.15) is 8.99 Å². The Balaban J connectivity index is 1.69. The van der Waals surface area contributed by atoms with Gasteiger partial charge in [-0.3, -0.25) is 0 Å². The number of benzene rings is 2. The van der Waals surface area contributed by atoms with Crippen molar-refractivity contribution >= 4 is 21.4 Å². The molecule has 0 radical (unpaired) electrons. The Labute approximate surface area is 203 Å². The number of hydrogen-bond donors (Lipinski definition) is 0. The van der Waals surface area contributed by atoms with Gasteiger partial charge in [-0.1, -0.05) is 51.1 Å². The van der Waals surface area contributed by atoms with Gasteiger partial charge in [0.15, 0.2) is 0 Å². The Hall–Kier alpha value is -3.08. The molecule has 0 atom stereocenters. The van der Waals surface area contributed by atoms with Gasteiger partial charge in [-0.15, -0.1) is 16.4 Å². The van der Waals surface area contributed by atoms with Crippen molar-refractivity contribution in [1.29, 1.82) is 0 Å². The number of hydrogen-bond acceptors (Lipinski definition) is 7. The molecule has 4 rings (SSSR count). The predicted molar refractivity (Wildman–Crippen MR) is 132 cm³/mol. The zero-order valence-corrected chi connectivity index (χ0v) is 21.2. The molecule has 10 heteroatoms. The Kier molecular flexibility index (Phi) is 6.83. The first-order valence-electron chi connectivity index (χ1n) is 10.7. The van der Waals surface area contributed by atoms with E-state index in [1.54, 1.807) is 12.1 Å². The van der Waals surface area contributed by atoms with Gasteiger partial charge >= 0.3 is 0 Å². The van der Waals surface area contributed by atoms with Crippen molar-refractivity contribution in [2.45, 2.75) is 44.2 Å². The minimum absolute atomic E-state index is 0.0270. The summed E-state index contributed by atoms with van der Waals surface area (Å²) >= 11 is 1.53. The molecule has 2 aromatic carbocycles. The molecule has 0 aliphatic carbocycles. The van der Waals surface area contributed by atoms with Crippen LogP contribution >= 0.6 is 11.3 Å². The van der Waals surface area contributed by atoms with E-state index in [-0.39, 0.29) is 23.4 Å². The molecule has 2 aromatic heterocycles. The highest BCUT2D eigenvalue weighted by atomic mass is 32.2. The maximum atomic E-state index is 13.8. The predicted octanol–water partition coefficient (Wildman–Crippen LogP) is 4.42. The molecule has 0 bridgehead atoms. The fraction of sp³-hybridized carbons (Fsp3) is 0.292. The molecule has 0 aliphatic rings. The largest absolute Gasteiger partial charge is 0.494 e. The lowest BCUT2D eigenvalue weighted by Gasteiger charge is -2.23. The summed E-state index contributed by atoms with van der Waals surface area (Å²) in [6, 6.07) is 16.7. The second-order valence-corrected chi connectivity index (χ2v) is 11.9. The SMILES string of the molecule is COc1cc(S(=O)(=O)N(Cc2ccc(C(C)(C)C)cc2)Cc2cccs2)ccc1-n1cnnn1. The minimum atomic E-state index is -3.83. The van der Waals surface area contributed by atoms with Gasteiger partial charge in [0.2, 0.25) is 10.0 Å². The molecule has 2 heterocycles. The van der Waals surface area contributed by atoms with Crippen LogP contribution in [0.15, 0.2) is 71.2 Å². The summed E-state index contributed by atoms with van der Waals surface area (Å²) < 4.78 is 35.9. The Bertz CT molecular complexity index is 1330. The van der Waals surface area contributed by atoms with Crippen LogP contribution in [0.2, 0.25) is 0 Å². The van der Waals surface area contributed by atoms with E-state index in [0.29, 0.717) is 11.4 Å². The average molecular weight is 498 g/mol. The lowest BCUT2D eigenvalue weighted by molar-refractivity contribution is 0.399. The van der Waals surface area contributed by atoms with Gasteiger partial charge in [0.25, 0.3) is 0 Å². The van der Waals surface area contributed by atoms with E-state index in [4.69, 9.17) is 4.74 Å². The molecule has 4 aromatic rings. The zero-order valence-electron chi connectivity index (χ0n) is 19.5. The third kappa shape index (κ3) is 5.19. The number of methoxy groups -OCH3 is 1. The molecule has 0 aliphatic heterocycles. The van der Waals surface area contributed by atoms with Crippen LogP contribution in [0.1, 0.15) is 36.8 Å². The van der Waals surface area contributed by atoms with Crippen molar-refractivity contribution in [3.05, 3.63) is 82.3 Å². The zero-order chi connectivity index (χ0) is 24.3. The number of tetrazole rings is 1. The number of rotatable bonds is 8. The summed E-state index contributed by atoms with van der Waals surface area (Å²) in [4.78, 5) is 1.11. The molecule has 0 fully saturated rings. The van der Waals surface area contributed by atoms with Crippen molar-refractivity contribution in [2.24, 2.45) is 0 Å². The third-order valence-corrected chi connectivity index (χ3v) is 8.12. The lowest BCUT2D eigenvalue weighted by atomic mass is 9.87. The Morgan fingerprint density at radius 1 is 1.06 bits per heavy atom. The second kappa shape index (κ2) is 9.65. The number of sulfonamides is 1. The first-order valence-corrected chi connectivity index (χ1v) is 13.0. The summed E-state index contributed by atoms with van der Waals surface area (Å²) in [5.41, 5.74) is 2.70. The van der Waals surface area contributed by atoms with E-state index in [2.05, 4.69) is 48.4 Å². The van der Waals surface area contributed by atoms with Crippen LogP contribution in [0.5, 0.6) is 5.75 Å². The van der Waals surface area contributed by atoms with Crippen LogP contribution in [0, 0.1) is 0 Å². The number of thiophene rings is 1. The van der Waals surface area contributed by atoms with Gasteiger partial charge in [0, 0.05) is 24.0 Å². The summed E-state index contributed by atoms with van der Waals surface area (Å²) in [6.45, 7) is 6.99. The van der Waals surface area contributed by atoms with Crippen LogP contribution in [0.25, 0.3) is 5.69 Å². The second-order valence-electron chi connectivity index (χ2n) is 8.89. The molecule has 0 unspecified atom stereocenters. The van der Waals surface area contributed by atoms with Gasteiger partial charge in [0.05, 0.1) is 12.0 Å². The molecular weight excluding hydrogens is 470 g/mol. The maximum absolute atomic E-state index is 13.8. The molecule has 0 saturated heterocycles. The molecule has 0 spiro atoms. The first-order chi connectivity index (χ1) is 16.2. The van der Waals surface area contributed by atoms with Gasteiger partial charge in [-0.05, 0) is 50.5 Å². The quantitative estimate of drug-likeness (QED) is 0.358. The fourth-order valence-corrected chi connectivity index (χ4v) is 5.77. The molecule has 178 valence electrons. The number of ether oxygens (including phenoxy) is 1. The highest BCUT2D eigenvalue weighted by molar-refractivity contribution is 7.89. The Morgan fingerprint density at radius 3 is 2.41 bits per heavy atom. The highest BCUT2D eigenvalue weighted by Gasteiger charge is 2.27. The van der Waals surface area contributed by atoms with Crippen molar-refractivity contribution in [3.8, 4) is 11.4 Å². The fourth-order valence-electron chi connectivity index (χ4n) is 3.54. The molecule has 0 N–H and O–H groups in total. The molecule has 8 nitrogen and oxygen atoms in total. The number of nitrogens with zero attached hydrogens (tertiary/aromatic N) is 5. The summed E-state index contributed by atoms with van der Waals surface area (Å²) in [5.74, 6) is 0.360. The summed E-state index contributed by atoms with van der Waals surface area (Å²) in [7, 11) is -2.35. The molecule has 0 amide bonds. The van der Waals surface area contributed by atoms with Gasteiger partial charge in [0.1, 0.15) is 17.8 Å². The maximum Gasteiger partial charge on any atom is 0.243 e. The number of aromatic nitrogens is 4. The van der Waals surface area contributed by atoms with E-state index < -0.39 is 10.0 Å². The standard InChI is InChI=1S/C24H27N5O3S2/c1-24(2,3)19-9-7-18(8-10-19)15-28(16-20-6-5-13-33-20)34(30,31)21-11-12-22(23(14-21)32-4)29-17-25-26-27-29/h5-14,17H,15-16H2,1-4H3. The summed E-state index contributed by atoms with van der Waals surface area (Å²) in [6.07, 6.45) is 1.43.